The number of nitrogens with one attached hydrogen (secondary N) is 1. The first-order valence-electron chi connectivity index (χ1n) is 8.91. The zero-order chi connectivity index (χ0) is 17.6. The van der Waals surface area contributed by atoms with Crippen molar-refractivity contribution in [1.82, 2.24) is 4.90 Å². The topological polar surface area (TPSA) is 49.4 Å². The number of amides is 2. The molecule has 4 nitrogen and oxygen atoms in total. The summed E-state index contributed by atoms with van der Waals surface area (Å²) < 4.78 is 0. The molecule has 0 saturated carbocycles. The van der Waals surface area contributed by atoms with E-state index in [9.17, 15) is 9.59 Å². The van der Waals surface area contributed by atoms with E-state index < -0.39 is 0 Å². The number of rotatable bonds is 3. The molecule has 0 aromatic heterocycles. The fourth-order valence-corrected chi connectivity index (χ4v) is 3.06. The first-order chi connectivity index (χ1) is 12.1. The van der Waals surface area contributed by atoms with Crippen LogP contribution in [0.1, 0.15) is 52.0 Å². The average Bonchev–Trinajstić information content (AvgIpc) is 2.92. The summed E-state index contributed by atoms with van der Waals surface area (Å²) in [5.74, 6) is -0.106. The van der Waals surface area contributed by atoms with Crippen LogP contribution in [0.5, 0.6) is 0 Å². The maximum absolute atomic E-state index is 12.6. The van der Waals surface area contributed by atoms with Gasteiger partial charge in [-0.15, -0.1) is 0 Å². The second-order valence-electron chi connectivity index (χ2n) is 6.60. The second-order valence-corrected chi connectivity index (χ2v) is 6.60. The van der Waals surface area contributed by atoms with Crippen LogP contribution in [0, 0.1) is 6.92 Å². The molecule has 2 aromatic rings. The molecule has 1 aliphatic rings. The molecule has 0 aliphatic carbocycles. The summed E-state index contributed by atoms with van der Waals surface area (Å²) in [6.07, 6.45) is 4.54. The van der Waals surface area contributed by atoms with Gasteiger partial charge in [0.25, 0.3) is 11.8 Å². The predicted octanol–water partition coefficient (Wildman–Crippen LogP) is 4.26. The number of hydrogen-bond donors (Lipinski definition) is 1. The maximum Gasteiger partial charge on any atom is 0.255 e. The summed E-state index contributed by atoms with van der Waals surface area (Å²) >= 11 is 0. The lowest BCUT2D eigenvalue weighted by molar-refractivity contribution is 0.0761. The molecule has 0 unspecified atom stereocenters. The molecule has 4 heteroatoms. The Balaban J connectivity index is 1.65. The molecule has 0 bridgehead atoms. The van der Waals surface area contributed by atoms with Crippen LogP contribution in [0.4, 0.5) is 5.69 Å². The molecular formula is C21H24N2O2. The number of anilines is 1. The monoisotopic (exact) mass is 336 g/mol. The Kier molecular flexibility index (Phi) is 5.49. The minimum absolute atomic E-state index is 0.0624. The van der Waals surface area contributed by atoms with E-state index in [1.54, 1.807) is 24.3 Å². The molecule has 0 spiro atoms. The van der Waals surface area contributed by atoms with Crippen LogP contribution in [0.3, 0.4) is 0 Å². The van der Waals surface area contributed by atoms with E-state index in [4.69, 9.17) is 0 Å². The molecule has 25 heavy (non-hydrogen) atoms. The van der Waals surface area contributed by atoms with E-state index in [1.807, 2.05) is 36.1 Å². The average molecular weight is 336 g/mol. The summed E-state index contributed by atoms with van der Waals surface area (Å²) in [7, 11) is 0. The molecule has 130 valence electrons. The number of likely N-dealkylation sites (tertiary alicyclic amines) is 1. The molecule has 1 aliphatic heterocycles. The van der Waals surface area contributed by atoms with Crippen molar-refractivity contribution in [2.75, 3.05) is 18.4 Å². The molecule has 0 atom stereocenters. The SMILES string of the molecule is Cc1ccc(NC(=O)c2ccc(C(=O)N3CCCCCC3)cc2)cc1. The van der Waals surface area contributed by atoms with Crippen molar-refractivity contribution in [3.8, 4) is 0 Å². The highest BCUT2D eigenvalue weighted by Crippen LogP contribution is 2.15. The summed E-state index contributed by atoms with van der Waals surface area (Å²) in [4.78, 5) is 26.8. The third kappa shape index (κ3) is 4.47. The van der Waals surface area contributed by atoms with E-state index in [0.29, 0.717) is 11.1 Å². The predicted molar refractivity (Wildman–Crippen MR) is 99.9 cm³/mol. The van der Waals surface area contributed by atoms with Crippen LogP contribution < -0.4 is 5.32 Å². The van der Waals surface area contributed by atoms with Gasteiger partial charge >= 0.3 is 0 Å². The number of nitrogens with zero attached hydrogens (tertiary/aromatic N) is 1. The summed E-state index contributed by atoms with van der Waals surface area (Å²) in [6, 6.07) is 14.6. The van der Waals surface area contributed by atoms with E-state index in [-0.39, 0.29) is 11.8 Å². The van der Waals surface area contributed by atoms with Crippen LogP contribution >= 0.6 is 0 Å². The van der Waals surface area contributed by atoms with Crippen molar-refractivity contribution < 1.29 is 9.59 Å². The highest BCUT2D eigenvalue weighted by Gasteiger charge is 2.17. The van der Waals surface area contributed by atoms with Crippen molar-refractivity contribution in [1.29, 1.82) is 0 Å². The number of benzene rings is 2. The van der Waals surface area contributed by atoms with Gasteiger partial charge in [0.05, 0.1) is 0 Å². The third-order valence-electron chi connectivity index (χ3n) is 4.60. The molecule has 2 amide bonds. The highest BCUT2D eigenvalue weighted by atomic mass is 16.2. The van der Waals surface area contributed by atoms with Gasteiger partial charge < -0.3 is 10.2 Å². The van der Waals surface area contributed by atoms with E-state index in [1.165, 1.54) is 12.8 Å². The minimum Gasteiger partial charge on any atom is -0.339 e. The molecule has 0 radical (unpaired) electrons. The molecule has 3 rings (SSSR count). The molecule has 1 N–H and O–H groups in total. The van der Waals surface area contributed by atoms with Gasteiger partial charge in [-0.1, -0.05) is 30.5 Å². The Labute approximate surface area is 148 Å². The molecular weight excluding hydrogens is 312 g/mol. The summed E-state index contributed by atoms with van der Waals surface area (Å²) in [6.45, 7) is 3.66. The Morgan fingerprint density at radius 3 is 1.96 bits per heavy atom. The molecule has 1 fully saturated rings. The van der Waals surface area contributed by atoms with Crippen LogP contribution in [0.15, 0.2) is 48.5 Å². The van der Waals surface area contributed by atoms with Gasteiger partial charge in [-0.3, -0.25) is 9.59 Å². The normalized spacial score (nSPS) is 14.7. The Morgan fingerprint density at radius 1 is 0.800 bits per heavy atom. The van der Waals surface area contributed by atoms with Crippen LogP contribution in [0.2, 0.25) is 0 Å². The number of hydrogen-bond acceptors (Lipinski definition) is 2. The third-order valence-corrected chi connectivity index (χ3v) is 4.60. The van der Waals surface area contributed by atoms with Gasteiger partial charge in [-0.25, -0.2) is 0 Å². The lowest BCUT2D eigenvalue weighted by Crippen LogP contribution is -2.31. The fourth-order valence-electron chi connectivity index (χ4n) is 3.06. The Morgan fingerprint density at radius 2 is 1.36 bits per heavy atom. The minimum atomic E-state index is -0.169. The Hall–Kier alpha value is -2.62. The van der Waals surface area contributed by atoms with Crippen LogP contribution in [0.25, 0.3) is 0 Å². The first-order valence-corrected chi connectivity index (χ1v) is 8.91. The number of aryl methyl sites for hydroxylation is 1. The maximum atomic E-state index is 12.6. The highest BCUT2D eigenvalue weighted by molar-refractivity contribution is 6.05. The quantitative estimate of drug-likeness (QED) is 0.910. The zero-order valence-corrected chi connectivity index (χ0v) is 14.6. The Bertz CT molecular complexity index is 727. The van der Waals surface area contributed by atoms with E-state index in [2.05, 4.69) is 5.32 Å². The first kappa shape index (κ1) is 17.2. The summed E-state index contributed by atoms with van der Waals surface area (Å²) in [5, 5.41) is 2.87. The van der Waals surface area contributed by atoms with Crippen LogP contribution in [-0.2, 0) is 0 Å². The van der Waals surface area contributed by atoms with Crippen molar-refractivity contribution >= 4 is 17.5 Å². The van der Waals surface area contributed by atoms with Gasteiger partial charge in [-0.05, 0) is 56.2 Å². The van der Waals surface area contributed by atoms with Crippen molar-refractivity contribution in [2.45, 2.75) is 32.6 Å². The van der Waals surface area contributed by atoms with Gasteiger partial charge in [0, 0.05) is 29.9 Å². The van der Waals surface area contributed by atoms with Crippen molar-refractivity contribution in [3.63, 3.8) is 0 Å². The van der Waals surface area contributed by atoms with Gasteiger partial charge in [0.15, 0.2) is 0 Å². The number of carbonyl (C=O) groups is 2. The largest absolute Gasteiger partial charge is 0.339 e. The summed E-state index contributed by atoms with van der Waals surface area (Å²) in [5.41, 5.74) is 3.11. The molecule has 1 saturated heterocycles. The van der Waals surface area contributed by atoms with Crippen LogP contribution in [-0.4, -0.2) is 29.8 Å². The van der Waals surface area contributed by atoms with Gasteiger partial charge in [-0.2, -0.15) is 0 Å². The van der Waals surface area contributed by atoms with E-state index in [0.717, 1.165) is 37.2 Å². The number of carbonyl (C=O) groups excluding carboxylic acids is 2. The molecule has 2 aromatic carbocycles. The molecule has 1 heterocycles. The van der Waals surface area contributed by atoms with Gasteiger partial charge in [0.2, 0.25) is 0 Å². The van der Waals surface area contributed by atoms with Gasteiger partial charge in [0.1, 0.15) is 0 Å². The fraction of sp³-hybridized carbons (Fsp3) is 0.333. The van der Waals surface area contributed by atoms with E-state index >= 15 is 0 Å². The van der Waals surface area contributed by atoms with Crippen molar-refractivity contribution in [3.05, 3.63) is 65.2 Å². The lowest BCUT2D eigenvalue weighted by Gasteiger charge is -2.20. The second kappa shape index (κ2) is 7.97. The van der Waals surface area contributed by atoms with Crippen molar-refractivity contribution in [2.24, 2.45) is 0 Å². The standard InChI is InChI=1S/C21H24N2O2/c1-16-6-12-19(13-7-16)22-20(24)17-8-10-18(11-9-17)21(25)23-14-4-2-3-5-15-23/h6-13H,2-5,14-15H2,1H3,(H,22,24). The zero-order valence-electron chi connectivity index (χ0n) is 14.6. The smallest absolute Gasteiger partial charge is 0.255 e. The lowest BCUT2D eigenvalue weighted by atomic mass is 10.1.